The molecule has 4 rings (SSSR count). The number of benzene rings is 1. The summed E-state index contributed by atoms with van der Waals surface area (Å²) in [4.78, 5) is 25.1. The van der Waals surface area contributed by atoms with Crippen LogP contribution in [0.5, 0.6) is 0 Å². The smallest absolute Gasteiger partial charge is 0.253 e. The summed E-state index contributed by atoms with van der Waals surface area (Å²) in [6.45, 7) is 2.38. The van der Waals surface area contributed by atoms with Crippen LogP contribution in [0.4, 0.5) is 11.4 Å². The molecule has 1 aromatic carbocycles. The second-order valence-electron chi connectivity index (χ2n) is 7.75. The van der Waals surface area contributed by atoms with Crippen LogP contribution < -0.4 is 16.0 Å². The first kappa shape index (κ1) is 20.1. The Labute approximate surface area is 166 Å². The number of fused-ring (bicyclic) bond motifs is 1. The maximum atomic E-state index is 13.0. The Balaban J connectivity index is 0.00000210. The lowest BCUT2D eigenvalue weighted by Gasteiger charge is -2.37. The average molecular weight is 394 g/mol. The molecule has 1 aliphatic carbocycles. The van der Waals surface area contributed by atoms with Gasteiger partial charge in [-0.25, -0.2) is 0 Å². The Morgan fingerprint density at radius 2 is 1.78 bits per heavy atom. The van der Waals surface area contributed by atoms with Gasteiger partial charge < -0.3 is 20.7 Å². The van der Waals surface area contributed by atoms with Crippen LogP contribution in [0, 0.1) is 11.3 Å². The Kier molecular flexibility index (Phi) is 6.40. The number of ether oxygens (including phenoxy) is 1. The maximum absolute atomic E-state index is 13.0. The Morgan fingerprint density at radius 3 is 2.48 bits per heavy atom. The van der Waals surface area contributed by atoms with Crippen molar-refractivity contribution in [3.63, 3.8) is 0 Å². The molecule has 3 atom stereocenters. The molecule has 2 aliphatic heterocycles. The fourth-order valence-corrected chi connectivity index (χ4v) is 4.59. The highest BCUT2D eigenvalue weighted by Crippen LogP contribution is 2.44. The van der Waals surface area contributed by atoms with Gasteiger partial charge in [-0.05, 0) is 62.4 Å². The van der Waals surface area contributed by atoms with Crippen LogP contribution in [0.1, 0.15) is 38.5 Å². The van der Waals surface area contributed by atoms with Crippen molar-refractivity contribution in [1.29, 1.82) is 0 Å². The van der Waals surface area contributed by atoms with E-state index in [-0.39, 0.29) is 35.7 Å². The molecule has 3 aliphatic rings. The van der Waals surface area contributed by atoms with Crippen molar-refractivity contribution in [3.05, 3.63) is 24.3 Å². The number of carbonyl (C=O) groups is 2. The molecule has 2 heterocycles. The van der Waals surface area contributed by atoms with Gasteiger partial charge in [-0.2, -0.15) is 0 Å². The van der Waals surface area contributed by atoms with Gasteiger partial charge >= 0.3 is 0 Å². The molecule has 27 heavy (non-hydrogen) atoms. The SMILES string of the molecule is Cl.O=C(Nc1ccc(NC(=O)[C@@]23CCCC[C@H]2CNC3)cc1)C1CCCO1. The number of carbonyl (C=O) groups excluding carboxylic acids is 2. The molecule has 6 nitrogen and oxygen atoms in total. The van der Waals surface area contributed by atoms with Crippen LogP contribution in [-0.4, -0.2) is 37.6 Å². The molecule has 3 N–H and O–H groups in total. The molecule has 1 aromatic rings. The highest BCUT2D eigenvalue weighted by atomic mass is 35.5. The predicted molar refractivity (Wildman–Crippen MR) is 107 cm³/mol. The third kappa shape index (κ3) is 4.13. The first-order valence-electron chi connectivity index (χ1n) is 9.72. The van der Waals surface area contributed by atoms with Crippen molar-refractivity contribution < 1.29 is 14.3 Å². The van der Waals surface area contributed by atoms with Crippen LogP contribution in [0.25, 0.3) is 0 Å². The van der Waals surface area contributed by atoms with Gasteiger partial charge in [-0.15, -0.1) is 12.4 Å². The lowest BCUT2D eigenvalue weighted by Crippen LogP contribution is -2.44. The number of hydrogen-bond donors (Lipinski definition) is 3. The first-order valence-corrected chi connectivity index (χ1v) is 9.72. The summed E-state index contributed by atoms with van der Waals surface area (Å²) in [6.07, 6.45) is 5.81. The monoisotopic (exact) mass is 393 g/mol. The van der Waals surface area contributed by atoms with E-state index in [1.54, 1.807) is 0 Å². The lowest BCUT2D eigenvalue weighted by molar-refractivity contribution is -0.128. The van der Waals surface area contributed by atoms with Gasteiger partial charge in [0.2, 0.25) is 5.91 Å². The standard InChI is InChI=1S/C20H27N3O3.ClH/c24-18(17-5-3-11-26-17)22-15-6-8-16(9-7-15)23-19(25)20-10-2-1-4-14(20)12-21-13-20;/h6-9,14,17,21H,1-5,10-13H2,(H,22,24)(H,23,25);1H/t14-,17?,20+;/m0./s1. The molecule has 148 valence electrons. The normalized spacial score (nSPS) is 29.5. The van der Waals surface area contributed by atoms with Gasteiger partial charge in [0.25, 0.3) is 5.91 Å². The van der Waals surface area contributed by atoms with E-state index in [9.17, 15) is 9.59 Å². The third-order valence-corrected chi connectivity index (χ3v) is 6.12. The lowest BCUT2D eigenvalue weighted by atomic mass is 9.67. The van der Waals surface area contributed by atoms with E-state index in [0.717, 1.165) is 56.6 Å². The van der Waals surface area contributed by atoms with Crippen molar-refractivity contribution in [2.45, 2.75) is 44.6 Å². The second kappa shape index (κ2) is 8.59. The summed E-state index contributed by atoms with van der Waals surface area (Å²) < 4.78 is 5.39. The van der Waals surface area contributed by atoms with Gasteiger partial charge in [0.05, 0.1) is 5.41 Å². The largest absolute Gasteiger partial charge is 0.368 e. The Bertz CT molecular complexity index is 676. The summed E-state index contributed by atoms with van der Waals surface area (Å²) in [5.41, 5.74) is 1.24. The molecule has 0 aromatic heterocycles. The highest BCUT2D eigenvalue weighted by molar-refractivity contribution is 5.97. The van der Waals surface area contributed by atoms with E-state index in [1.807, 2.05) is 24.3 Å². The molecule has 2 saturated heterocycles. The van der Waals surface area contributed by atoms with Gasteiger partial charge in [0, 0.05) is 24.5 Å². The zero-order valence-electron chi connectivity index (χ0n) is 15.5. The minimum atomic E-state index is -0.341. The van der Waals surface area contributed by atoms with Crippen LogP contribution in [-0.2, 0) is 14.3 Å². The number of anilines is 2. The molecule has 0 spiro atoms. The number of rotatable bonds is 4. The molecular weight excluding hydrogens is 366 g/mol. The zero-order chi connectivity index (χ0) is 18.0. The van der Waals surface area contributed by atoms with E-state index in [2.05, 4.69) is 16.0 Å². The number of hydrogen-bond acceptors (Lipinski definition) is 4. The molecule has 0 bridgehead atoms. The predicted octanol–water partition coefficient (Wildman–Crippen LogP) is 2.94. The Hall–Kier alpha value is -1.63. The molecule has 1 saturated carbocycles. The van der Waals surface area contributed by atoms with Crippen molar-refractivity contribution in [2.24, 2.45) is 11.3 Å². The van der Waals surface area contributed by atoms with Crippen molar-refractivity contribution in [1.82, 2.24) is 5.32 Å². The second-order valence-corrected chi connectivity index (χ2v) is 7.75. The van der Waals surface area contributed by atoms with Crippen molar-refractivity contribution >= 4 is 35.6 Å². The van der Waals surface area contributed by atoms with Crippen LogP contribution in [0.15, 0.2) is 24.3 Å². The fraction of sp³-hybridized carbons (Fsp3) is 0.600. The van der Waals surface area contributed by atoms with Gasteiger partial charge in [0.1, 0.15) is 6.10 Å². The average Bonchev–Trinajstić information content (AvgIpc) is 3.33. The summed E-state index contributed by atoms with van der Waals surface area (Å²) >= 11 is 0. The van der Waals surface area contributed by atoms with Crippen LogP contribution in [0.2, 0.25) is 0 Å². The van der Waals surface area contributed by atoms with E-state index in [0.29, 0.717) is 12.5 Å². The minimum Gasteiger partial charge on any atom is -0.368 e. The van der Waals surface area contributed by atoms with Crippen LogP contribution in [0.3, 0.4) is 0 Å². The number of nitrogens with one attached hydrogen (secondary N) is 3. The molecule has 1 unspecified atom stereocenters. The molecular formula is C20H28ClN3O3. The zero-order valence-corrected chi connectivity index (χ0v) is 16.3. The highest BCUT2D eigenvalue weighted by Gasteiger charge is 2.49. The number of halogens is 1. The number of amides is 2. The summed E-state index contributed by atoms with van der Waals surface area (Å²) in [7, 11) is 0. The maximum Gasteiger partial charge on any atom is 0.253 e. The van der Waals surface area contributed by atoms with E-state index >= 15 is 0 Å². The quantitative estimate of drug-likeness (QED) is 0.734. The van der Waals surface area contributed by atoms with Gasteiger partial charge in [-0.1, -0.05) is 12.8 Å². The van der Waals surface area contributed by atoms with E-state index < -0.39 is 0 Å². The van der Waals surface area contributed by atoms with Gasteiger partial charge in [-0.3, -0.25) is 9.59 Å². The minimum absolute atomic E-state index is 0. The first-order chi connectivity index (χ1) is 12.7. The van der Waals surface area contributed by atoms with E-state index in [4.69, 9.17) is 4.74 Å². The fourth-order valence-electron chi connectivity index (χ4n) is 4.59. The Morgan fingerprint density at radius 1 is 1.04 bits per heavy atom. The topological polar surface area (TPSA) is 79.5 Å². The van der Waals surface area contributed by atoms with Gasteiger partial charge in [0.15, 0.2) is 0 Å². The van der Waals surface area contributed by atoms with Crippen molar-refractivity contribution in [2.75, 3.05) is 30.3 Å². The summed E-state index contributed by atoms with van der Waals surface area (Å²) in [5.74, 6) is 0.477. The van der Waals surface area contributed by atoms with Crippen LogP contribution >= 0.6 is 12.4 Å². The molecule has 0 radical (unpaired) electrons. The van der Waals surface area contributed by atoms with Crippen molar-refractivity contribution in [3.8, 4) is 0 Å². The molecule has 3 fully saturated rings. The summed E-state index contributed by atoms with van der Waals surface area (Å²) in [6, 6.07) is 7.34. The summed E-state index contributed by atoms with van der Waals surface area (Å²) in [5, 5.41) is 9.38. The molecule has 7 heteroatoms. The third-order valence-electron chi connectivity index (χ3n) is 6.12. The molecule has 2 amide bonds. The van der Waals surface area contributed by atoms with E-state index in [1.165, 1.54) is 6.42 Å².